The number of likely N-dealkylation sites (N-methyl/N-ethyl adjacent to an activating group) is 1. The maximum Gasteiger partial charge on any atom is 0.339 e. The molecule has 1 aromatic rings. The summed E-state index contributed by atoms with van der Waals surface area (Å²) in [7, 11) is 0. The van der Waals surface area contributed by atoms with Gasteiger partial charge in [0, 0.05) is 18.8 Å². The zero-order valence-electron chi connectivity index (χ0n) is 11.2. The van der Waals surface area contributed by atoms with E-state index in [0.29, 0.717) is 5.82 Å². The van der Waals surface area contributed by atoms with Gasteiger partial charge in [-0.05, 0) is 32.1 Å². The van der Waals surface area contributed by atoms with Crippen LogP contribution in [0.5, 0.6) is 0 Å². The molecule has 0 bridgehead atoms. The van der Waals surface area contributed by atoms with Gasteiger partial charge < -0.3 is 15.3 Å². The molecule has 0 saturated heterocycles. The Morgan fingerprint density at radius 1 is 1.50 bits per heavy atom. The van der Waals surface area contributed by atoms with Gasteiger partial charge in [0.25, 0.3) is 0 Å². The maximum atomic E-state index is 11.0. The summed E-state index contributed by atoms with van der Waals surface area (Å²) in [6.07, 6.45) is 1.60. The van der Waals surface area contributed by atoms with Crippen LogP contribution in [-0.4, -0.2) is 46.6 Å². The van der Waals surface area contributed by atoms with Crippen LogP contribution in [0.25, 0.3) is 0 Å². The monoisotopic (exact) mass is 251 g/mol. The molecule has 100 valence electrons. The van der Waals surface area contributed by atoms with Crippen LogP contribution in [0, 0.1) is 0 Å². The third kappa shape index (κ3) is 4.00. The first-order chi connectivity index (χ1) is 8.58. The first-order valence-electron chi connectivity index (χ1n) is 6.25. The third-order valence-electron chi connectivity index (χ3n) is 2.85. The molecule has 5 heteroatoms. The van der Waals surface area contributed by atoms with E-state index in [1.165, 1.54) is 0 Å². The minimum atomic E-state index is -0.958. The Morgan fingerprint density at radius 2 is 2.17 bits per heavy atom. The topological polar surface area (TPSA) is 65.5 Å². The van der Waals surface area contributed by atoms with E-state index in [1.54, 1.807) is 18.3 Å². The smallest absolute Gasteiger partial charge is 0.339 e. The SMILES string of the molecule is CCN(CC)CC(C)Nc1ncccc1C(=O)O. The van der Waals surface area contributed by atoms with Crippen molar-refractivity contribution in [3.63, 3.8) is 0 Å². The van der Waals surface area contributed by atoms with Gasteiger partial charge in [0.05, 0.1) is 0 Å². The molecule has 2 N–H and O–H groups in total. The van der Waals surface area contributed by atoms with Crippen molar-refractivity contribution in [2.45, 2.75) is 26.8 Å². The third-order valence-corrected chi connectivity index (χ3v) is 2.85. The van der Waals surface area contributed by atoms with Gasteiger partial charge >= 0.3 is 5.97 Å². The van der Waals surface area contributed by atoms with Gasteiger partial charge in [-0.25, -0.2) is 9.78 Å². The number of hydrogen-bond donors (Lipinski definition) is 2. The Morgan fingerprint density at radius 3 is 2.72 bits per heavy atom. The Kier molecular flexibility index (Phi) is 5.58. The molecule has 0 radical (unpaired) electrons. The highest BCUT2D eigenvalue weighted by atomic mass is 16.4. The van der Waals surface area contributed by atoms with Gasteiger partial charge in [0.15, 0.2) is 0 Å². The molecule has 0 aliphatic heterocycles. The van der Waals surface area contributed by atoms with E-state index in [1.807, 2.05) is 6.92 Å². The summed E-state index contributed by atoms with van der Waals surface area (Å²) >= 11 is 0. The van der Waals surface area contributed by atoms with Crippen LogP contribution in [0.1, 0.15) is 31.1 Å². The first-order valence-corrected chi connectivity index (χ1v) is 6.25. The number of pyridine rings is 1. The number of nitrogens with one attached hydrogen (secondary N) is 1. The van der Waals surface area contributed by atoms with Crippen molar-refractivity contribution in [2.24, 2.45) is 0 Å². The summed E-state index contributed by atoms with van der Waals surface area (Å²) in [5, 5.41) is 12.2. The zero-order chi connectivity index (χ0) is 13.5. The fourth-order valence-electron chi connectivity index (χ4n) is 1.84. The molecular formula is C13H21N3O2. The van der Waals surface area contributed by atoms with Gasteiger partial charge in [-0.15, -0.1) is 0 Å². The molecular weight excluding hydrogens is 230 g/mol. The number of carboxylic acid groups (broad SMARTS) is 1. The molecule has 5 nitrogen and oxygen atoms in total. The summed E-state index contributed by atoms with van der Waals surface area (Å²) in [4.78, 5) is 17.4. The molecule has 1 rings (SSSR count). The summed E-state index contributed by atoms with van der Waals surface area (Å²) in [6.45, 7) is 9.08. The number of hydrogen-bond acceptors (Lipinski definition) is 4. The van der Waals surface area contributed by atoms with Crippen molar-refractivity contribution in [3.05, 3.63) is 23.9 Å². The second-order valence-corrected chi connectivity index (χ2v) is 4.24. The van der Waals surface area contributed by atoms with E-state index in [9.17, 15) is 4.79 Å². The molecule has 0 aromatic carbocycles. The average Bonchev–Trinajstić information content (AvgIpc) is 2.36. The summed E-state index contributed by atoms with van der Waals surface area (Å²) < 4.78 is 0. The number of aromatic nitrogens is 1. The van der Waals surface area contributed by atoms with Crippen LogP contribution >= 0.6 is 0 Å². The fourth-order valence-corrected chi connectivity index (χ4v) is 1.84. The van der Waals surface area contributed by atoms with Crippen LogP contribution in [0.15, 0.2) is 18.3 Å². The Labute approximate surface area is 108 Å². The number of carboxylic acids is 1. The van der Waals surface area contributed by atoms with Crippen molar-refractivity contribution in [1.82, 2.24) is 9.88 Å². The van der Waals surface area contributed by atoms with Gasteiger partial charge in [-0.3, -0.25) is 0 Å². The van der Waals surface area contributed by atoms with Crippen LogP contribution in [0.4, 0.5) is 5.82 Å². The fraction of sp³-hybridized carbons (Fsp3) is 0.538. The number of rotatable bonds is 7. The Balaban J connectivity index is 2.69. The zero-order valence-corrected chi connectivity index (χ0v) is 11.2. The van der Waals surface area contributed by atoms with E-state index >= 15 is 0 Å². The molecule has 0 fully saturated rings. The van der Waals surface area contributed by atoms with Crippen molar-refractivity contribution in [1.29, 1.82) is 0 Å². The largest absolute Gasteiger partial charge is 0.478 e. The quantitative estimate of drug-likeness (QED) is 0.775. The predicted octanol–water partition coefficient (Wildman–Crippen LogP) is 1.92. The average molecular weight is 251 g/mol. The Hall–Kier alpha value is -1.62. The molecule has 0 amide bonds. The number of anilines is 1. The molecule has 1 atom stereocenters. The van der Waals surface area contributed by atoms with E-state index in [0.717, 1.165) is 19.6 Å². The second kappa shape index (κ2) is 6.96. The van der Waals surface area contributed by atoms with Gasteiger partial charge in [0.2, 0.25) is 0 Å². The summed E-state index contributed by atoms with van der Waals surface area (Å²) in [5.41, 5.74) is 0.212. The van der Waals surface area contributed by atoms with Crippen molar-refractivity contribution < 1.29 is 9.90 Å². The normalized spacial score (nSPS) is 12.4. The number of aromatic carboxylic acids is 1. The lowest BCUT2D eigenvalue weighted by molar-refractivity contribution is 0.0697. The lowest BCUT2D eigenvalue weighted by Gasteiger charge is -2.24. The number of carbonyl (C=O) groups is 1. The molecule has 1 heterocycles. The highest BCUT2D eigenvalue weighted by molar-refractivity contribution is 5.93. The van der Waals surface area contributed by atoms with Crippen molar-refractivity contribution in [3.8, 4) is 0 Å². The summed E-state index contributed by atoms with van der Waals surface area (Å²) in [6, 6.07) is 3.34. The standard InChI is InChI=1S/C13H21N3O2/c1-4-16(5-2)9-10(3)15-12-11(13(17)18)7-6-8-14-12/h6-8,10H,4-5,9H2,1-3H3,(H,14,15)(H,17,18). The molecule has 0 spiro atoms. The lowest BCUT2D eigenvalue weighted by Crippen LogP contribution is -2.35. The number of nitrogens with zero attached hydrogens (tertiary/aromatic N) is 2. The van der Waals surface area contributed by atoms with Crippen LogP contribution < -0.4 is 5.32 Å². The van der Waals surface area contributed by atoms with Crippen LogP contribution in [-0.2, 0) is 0 Å². The highest BCUT2D eigenvalue weighted by Crippen LogP contribution is 2.12. The summed E-state index contributed by atoms with van der Waals surface area (Å²) in [5.74, 6) is -0.523. The van der Waals surface area contributed by atoms with Crippen molar-refractivity contribution in [2.75, 3.05) is 25.0 Å². The molecule has 1 unspecified atom stereocenters. The van der Waals surface area contributed by atoms with E-state index < -0.39 is 5.97 Å². The maximum absolute atomic E-state index is 11.0. The van der Waals surface area contributed by atoms with E-state index in [-0.39, 0.29) is 11.6 Å². The molecule has 0 aliphatic rings. The van der Waals surface area contributed by atoms with Crippen LogP contribution in [0.2, 0.25) is 0 Å². The van der Waals surface area contributed by atoms with Gasteiger partial charge in [0.1, 0.15) is 11.4 Å². The van der Waals surface area contributed by atoms with Gasteiger partial charge in [-0.1, -0.05) is 13.8 Å². The van der Waals surface area contributed by atoms with Crippen molar-refractivity contribution >= 4 is 11.8 Å². The van der Waals surface area contributed by atoms with E-state index in [2.05, 4.69) is 29.0 Å². The highest BCUT2D eigenvalue weighted by Gasteiger charge is 2.13. The minimum absolute atomic E-state index is 0.151. The Bertz CT molecular complexity index is 392. The van der Waals surface area contributed by atoms with Gasteiger partial charge in [-0.2, -0.15) is 0 Å². The molecule has 0 aliphatic carbocycles. The minimum Gasteiger partial charge on any atom is -0.478 e. The second-order valence-electron chi connectivity index (χ2n) is 4.24. The predicted molar refractivity (Wildman–Crippen MR) is 72.1 cm³/mol. The molecule has 1 aromatic heterocycles. The lowest BCUT2D eigenvalue weighted by atomic mass is 10.2. The van der Waals surface area contributed by atoms with E-state index in [4.69, 9.17) is 5.11 Å². The molecule has 18 heavy (non-hydrogen) atoms. The first kappa shape index (κ1) is 14.4. The molecule has 0 saturated carbocycles. The van der Waals surface area contributed by atoms with Crippen LogP contribution in [0.3, 0.4) is 0 Å².